The van der Waals surface area contributed by atoms with Crippen molar-refractivity contribution in [2.75, 3.05) is 11.9 Å². The van der Waals surface area contributed by atoms with Crippen LogP contribution in [0.15, 0.2) is 47.5 Å². The van der Waals surface area contributed by atoms with Crippen LogP contribution in [0, 0.1) is 23.2 Å². The lowest BCUT2D eigenvalue weighted by Crippen LogP contribution is -2.30. The molecule has 172 valence electrons. The van der Waals surface area contributed by atoms with Crippen LogP contribution in [0.3, 0.4) is 0 Å². The molecule has 1 aromatic carbocycles. The molecule has 8 heteroatoms. The van der Waals surface area contributed by atoms with Crippen LogP contribution in [0.1, 0.15) is 38.5 Å². The number of nitrogens with one attached hydrogen (secondary N) is 1. The second kappa shape index (κ2) is 10.3. The zero-order valence-corrected chi connectivity index (χ0v) is 18.9. The van der Waals surface area contributed by atoms with Crippen LogP contribution in [-0.2, 0) is 18.4 Å². The fourth-order valence-electron chi connectivity index (χ4n) is 4.54. The molecule has 0 atom stereocenters. The van der Waals surface area contributed by atoms with E-state index in [0.717, 1.165) is 42.4 Å². The average Bonchev–Trinajstić information content (AvgIpc) is 3.07. The molecule has 33 heavy (non-hydrogen) atoms. The van der Waals surface area contributed by atoms with Crippen LogP contribution in [0.4, 0.5) is 5.69 Å². The first kappa shape index (κ1) is 22.6. The molecular weight excluding hydrogens is 418 g/mol. The maximum Gasteiger partial charge on any atom is 0.328 e. The van der Waals surface area contributed by atoms with Gasteiger partial charge in [0.15, 0.2) is 0 Å². The Morgan fingerprint density at radius 3 is 2.67 bits per heavy atom. The van der Waals surface area contributed by atoms with E-state index in [1.807, 2.05) is 22.8 Å². The highest BCUT2D eigenvalue weighted by molar-refractivity contribution is 5.92. The molecule has 1 fully saturated rings. The van der Waals surface area contributed by atoms with Crippen molar-refractivity contribution in [3.63, 3.8) is 0 Å². The van der Waals surface area contributed by atoms with Crippen molar-refractivity contribution in [1.29, 1.82) is 5.26 Å². The number of hydrogen-bond donors (Lipinski definition) is 1. The fourth-order valence-corrected chi connectivity index (χ4v) is 4.54. The highest BCUT2D eigenvalue weighted by atomic mass is 16.5. The summed E-state index contributed by atoms with van der Waals surface area (Å²) in [5.41, 5.74) is 2.46. The number of ether oxygens (including phenoxy) is 1. The summed E-state index contributed by atoms with van der Waals surface area (Å²) in [5, 5.41) is 11.6. The Bertz CT molecular complexity index is 1200. The number of pyridine rings is 1. The molecule has 2 heterocycles. The molecule has 0 unspecified atom stereocenters. The van der Waals surface area contributed by atoms with Gasteiger partial charge in [0.2, 0.25) is 5.91 Å². The van der Waals surface area contributed by atoms with Gasteiger partial charge in [0.05, 0.1) is 23.7 Å². The van der Waals surface area contributed by atoms with Gasteiger partial charge < -0.3 is 10.1 Å². The molecule has 3 aromatic rings. The normalized spacial score (nSPS) is 18.1. The first-order valence-corrected chi connectivity index (χ1v) is 11.5. The van der Waals surface area contributed by atoms with Gasteiger partial charge in [-0.15, -0.1) is 0 Å². The number of aromatic nitrogens is 3. The number of imidazole rings is 1. The third-order valence-electron chi connectivity index (χ3n) is 6.42. The Kier molecular flexibility index (Phi) is 7.08. The zero-order chi connectivity index (χ0) is 23.2. The Hall–Kier alpha value is -3.60. The van der Waals surface area contributed by atoms with Gasteiger partial charge in [0.1, 0.15) is 5.75 Å². The summed E-state index contributed by atoms with van der Waals surface area (Å²) in [6.45, 7) is 1.11. The second-order valence-electron chi connectivity index (χ2n) is 8.66. The minimum absolute atomic E-state index is 0.00734. The van der Waals surface area contributed by atoms with Gasteiger partial charge >= 0.3 is 5.69 Å². The lowest BCUT2D eigenvalue weighted by molar-refractivity contribution is -0.121. The number of carbonyl (C=O) groups is 1. The Morgan fingerprint density at radius 2 is 1.94 bits per heavy atom. The number of nitrogens with zero attached hydrogens (tertiary/aromatic N) is 4. The van der Waals surface area contributed by atoms with Crippen LogP contribution < -0.4 is 15.7 Å². The van der Waals surface area contributed by atoms with E-state index in [1.54, 1.807) is 36.1 Å². The number of amides is 1. The number of rotatable bonds is 8. The number of aryl methyl sites for hydroxylation is 1. The number of nitriles is 1. The number of fused-ring (bicyclic) bond motifs is 1. The third-order valence-corrected chi connectivity index (χ3v) is 6.42. The smallest absolute Gasteiger partial charge is 0.328 e. The summed E-state index contributed by atoms with van der Waals surface area (Å²) < 4.78 is 9.28. The SMILES string of the molecule is Cn1c(=O)n(C[C@H]2CC[C@H](C(=O)Nc3ccncc3)CC2)c2cc(OCCCC#N)ccc21. The van der Waals surface area contributed by atoms with E-state index in [-0.39, 0.29) is 17.5 Å². The molecule has 0 bridgehead atoms. The number of carbonyl (C=O) groups excluding carboxylic acids is 1. The van der Waals surface area contributed by atoms with E-state index in [1.165, 1.54) is 0 Å². The molecule has 4 rings (SSSR count). The summed E-state index contributed by atoms with van der Waals surface area (Å²) in [6.07, 6.45) is 7.90. The van der Waals surface area contributed by atoms with Crippen molar-refractivity contribution in [1.82, 2.24) is 14.1 Å². The van der Waals surface area contributed by atoms with Crippen molar-refractivity contribution in [3.8, 4) is 11.8 Å². The molecule has 1 aliphatic rings. The molecule has 0 spiro atoms. The zero-order valence-electron chi connectivity index (χ0n) is 18.9. The predicted molar refractivity (Wildman–Crippen MR) is 126 cm³/mol. The Morgan fingerprint density at radius 1 is 1.18 bits per heavy atom. The monoisotopic (exact) mass is 447 g/mol. The first-order valence-electron chi connectivity index (χ1n) is 11.5. The molecule has 0 aliphatic heterocycles. The van der Waals surface area contributed by atoms with Gasteiger partial charge in [-0.2, -0.15) is 5.26 Å². The van der Waals surface area contributed by atoms with Gasteiger partial charge in [-0.3, -0.25) is 18.9 Å². The van der Waals surface area contributed by atoms with Gasteiger partial charge in [-0.1, -0.05) is 0 Å². The summed E-state index contributed by atoms with van der Waals surface area (Å²) in [6, 6.07) is 11.4. The first-order chi connectivity index (χ1) is 16.1. The van der Waals surface area contributed by atoms with Crippen molar-refractivity contribution >= 4 is 22.6 Å². The number of unbranched alkanes of at least 4 members (excludes halogenated alkanes) is 1. The lowest BCUT2D eigenvalue weighted by atomic mass is 9.81. The maximum atomic E-state index is 12.9. The molecule has 8 nitrogen and oxygen atoms in total. The maximum absolute atomic E-state index is 12.9. The quantitative estimate of drug-likeness (QED) is 0.528. The molecule has 1 N–H and O–H groups in total. The average molecular weight is 448 g/mol. The van der Waals surface area contributed by atoms with E-state index in [4.69, 9.17) is 10.00 Å². The van der Waals surface area contributed by atoms with Crippen molar-refractivity contribution < 1.29 is 9.53 Å². The van der Waals surface area contributed by atoms with Crippen molar-refractivity contribution in [3.05, 3.63) is 53.2 Å². The van der Waals surface area contributed by atoms with E-state index in [2.05, 4.69) is 16.4 Å². The number of anilines is 1. The van der Waals surface area contributed by atoms with Gasteiger partial charge in [-0.05, 0) is 62.3 Å². The predicted octanol–water partition coefficient (Wildman–Crippen LogP) is 3.86. The van der Waals surface area contributed by atoms with E-state index < -0.39 is 0 Å². The standard InChI is InChI=1S/C25H29N5O3/c1-29-22-9-8-21(33-15-3-2-12-26)16-23(22)30(25(29)32)17-18-4-6-19(7-5-18)24(31)28-20-10-13-27-14-11-20/h8-11,13-14,16,18-19H,2-7,15,17H2,1H3,(H,27,28,31)/t18-,19-. The van der Waals surface area contributed by atoms with Gasteiger partial charge in [-0.25, -0.2) is 4.79 Å². The van der Waals surface area contributed by atoms with E-state index >= 15 is 0 Å². The fraction of sp³-hybridized carbons (Fsp3) is 0.440. The topological polar surface area (TPSA) is 102 Å². The van der Waals surface area contributed by atoms with Crippen LogP contribution in [0.5, 0.6) is 5.75 Å². The van der Waals surface area contributed by atoms with Crippen LogP contribution in [0.2, 0.25) is 0 Å². The Labute approximate surface area is 192 Å². The molecule has 0 saturated heterocycles. The largest absolute Gasteiger partial charge is 0.493 e. The summed E-state index contributed by atoms with van der Waals surface area (Å²) in [7, 11) is 1.79. The van der Waals surface area contributed by atoms with Gasteiger partial charge in [0.25, 0.3) is 0 Å². The van der Waals surface area contributed by atoms with Crippen LogP contribution in [0.25, 0.3) is 11.0 Å². The lowest BCUT2D eigenvalue weighted by Gasteiger charge is -2.28. The number of hydrogen-bond acceptors (Lipinski definition) is 5. The van der Waals surface area contributed by atoms with Crippen molar-refractivity contribution in [2.45, 2.75) is 45.1 Å². The Balaban J connectivity index is 1.40. The minimum atomic E-state index is -0.0378. The highest BCUT2D eigenvalue weighted by Gasteiger charge is 2.27. The van der Waals surface area contributed by atoms with Crippen LogP contribution >= 0.6 is 0 Å². The highest BCUT2D eigenvalue weighted by Crippen LogP contribution is 2.31. The molecular formula is C25H29N5O3. The summed E-state index contributed by atoms with van der Waals surface area (Å²) >= 11 is 0. The van der Waals surface area contributed by atoms with Crippen molar-refractivity contribution in [2.24, 2.45) is 18.9 Å². The molecule has 1 amide bonds. The minimum Gasteiger partial charge on any atom is -0.493 e. The van der Waals surface area contributed by atoms with E-state index in [9.17, 15) is 9.59 Å². The molecule has 1 saturated carbocycles. The summed E-state index contributed by atoms with van der Waals surface area (Å²) in [4.78, 5) is 29.5. The molecule has 2 aromatic heterocycles. The van der Waals surface area contributed by atoms with Gasteiger partial charge in [0, 0.05) is 50.1 Å². The second-order valence-corrected chi connectivity index (χ2v) is 8.66. The number of benzene rings is 1. The molecule has 1 aliphatic carbocycles. The third kappa shape index (κ3) is 5.25. The summed E-state index contributed by atoms with van der Waals surface area (Å²) in [5.74, 6) is 1.10. The molecule has 0 radical (unpaired) electrons. The van der Waals surface area contributed by atoms with Crippen LogP contribution in [-0.4, -0.2) is 26.6 Å². The van der Waals surface area contributed by atoms with E-state index in [0.29, 0.717) is 37.7 Å².